The number of nitrogens with zero attached hydrogens (tertiary/aromatic N) is 2. The minimum absolute atomic E-state index is 0.0427. The Labute approximate surface area is 166 Å². The smallest absolute Gasteiger partial charge is 0.387 e. The van der Waals surface area contributed by atoms with E-state index < -0.39 is 6.61 Å². The summed E-state index contributed by atoms with van der Waals surface area (Å²) in [6, 6.07) is 8.53. The Bertz CT molecular complexity index is 995. The van der Waals surface area contributed by atoms with Gasteiger partial charge in [-0.05, 0) is 45.9 Å². The monoisotopic (exact) mass is 405 g/mol. The molecule has 148 valence electrons. The molecule has 5 nitrogen and oxygen atoms in total. The summed E-state index contributed by atoms with van der Waals surface area (Å²) in [5.41, 5.74) is 3.39. The van der Waals surface area contributed by atoms with Gasteiger partial charge in [0.05, 0.1) is 11.3 Å². The number of carbonyl (C=O) groups is 1. The third-order valence-corrected chi connectivity index (χ3v) is 5.11. The summed E-state index contributed by atoms with van der Waals surface area (Å²) in [7, 11) is 0. The molecule has 1 amide bonds. The summed E-state index contributed by atoms with van der Waals surface area (Å²) in [5, 5.41) is 4.88. The molecule has 0 aliphatic rings. The van der Waals surface area contributed by atoms with Crippen LogP contribution in [0.4, 0.5) is 13.9 Å². The maximum absolute atomic E-state index is 12.7. The predicted molar refractivity (Wildman–Crippen MR) is 106 cm³/mol. The molecule has 2 aromatic heterocycles. The highest BCUT2D eigenvalue weighted by Gasteiger charge is 2.19. The topological polar surface area (TPSA) is 56.1 Å². The number of alkyl halides is 2. The highest BCUT2D eigenvalue weighted by atomic mass is 32.1. The Morgan fingerprint density at radius 2 is 1.96 bits per heavy atom. The van der Waals surface area contributed by atoms with Gasteiger partial charge < -0.3 is 9.30 Å². The van der Waals surface area contributed by atoms with Crippen molar-refractivity contribution in [3.05, 3.63) is 52.7 Å². The van der Waals surface area contributed by atoms with E-state index in [1.807, 2.05) is 19.9 Å². The number of nitrogens with one attached hydrogen (secondary N) is 1. The second kappa shape index (κ2) is 8.10. The van der Waals surface area contributed by atoms with Gasteiger partial charge in [0.15, 0.2) is 5.13 Å². The van der Waals surface area contributed by atoms with Crippen molar-refractivity contribution in [2.75, 3.05) is 5.32 Å². The number of aryl methyl sites for hydroxylation is 1. The van der Waals surface area contributed by atoms with Crippen LogP contribution >= 0.6 is 11.3 Å². The number of anilines is 1. The number of aromatic nitrogens is 2. The van der Waals surface area contributed by atoms with Crippen molar-refractivity contribution in [2.24, 2.45) is 0 Å². The van der Waals surface area contributed by atoms with Crippen LogP contribution in [0.15, 0.2) is 35.7 Å². The van der Waals surface area contributed by atoms with Crippen molar-refractivity contribution >= 4 is 22.4 Å². The fraction of sp³-hybridized carbons (Fsp3) is 0.300. The molecule has 0 aliphatic carbocycles. The summed E-state index contributed by atoms with van der Waals surface area (Å²) < 4.78 is 31.9. The van der Waals surface area contributed by atoms with Crippen LogP contribution in [-0.2, 0) is 0 Å². The van der Waals surface area contributed by atoms with Crippen LogP contribution < -0.4 is 10.1 Å². The van der Waals surface area contributed by atoms with E-state index in [-0.39, 0.29) is 17.7 Å². The van der Waals surface area contributed by atoms with E-state index in [4.69, 9.17) is 0 Å². The number of benzene rings is 1. The van der Waals surface area contributed by atoms with Gasteiger partial charge >= 0.3 is 6.61 Å². The molecular weight excluding hydrogens is 384 g/mol. The van der Waals surface area contributed by atoms with Crippen LogP contribution in [-0.4, -0.2) is 22.1 Å². The molecule has 0 atom stereocenters. The lowest BCUT2D eigenvalue weighted by molar-refractivity contribution is -0.0494. The Balaban J connectivity index is 1.83. The summed E-state index contributed by atoms with van der Waals surface area (Å²) in [4.78, 5) is 17.1. The zero-order valence-electron chi connectivity index (χ0n) is 16.0. The molecule has 1 N–H and O–H groups in total. The quantitative estimate of drug-likeness (QED) is 0.575. The number of para-hydroxylation sites is 1. The second-order valence-corrected chi connectivity index (χ2v) is 7.47. The molecule has 28 heavy (non-hydrogen) atoms. The van der Waals surface area contributed by atoms with Crippen molar-refractivity contribution in [1.29, 1.82) is 0 Å². The van der Waals surface area contributed by atoms with Crippen molar-refractivity contribution in [3.63, 3.8) is 0 Å². The molecule has 0 spiro atoms. The van der Waals surface area contributed by atoms with Gasteiger partial charge in [0, 0.05) is 28.4 Å². The highest BCUT2D eigenvalue weighted by Crippen LogP contribution is 2.33. The van der Waals surface area contributed by atoms with Crippen molar-refractivity contribution in [3.8, 4) is 17.0 Å². The van der Waals surface area contributed by atoms with Crippen molar-refractivity contribution < 1.29 is 18.3 Å². The number of halogens is 2. The molecule has 3 rings (SSSR count). The number of hydrogen-bond acceptors (Lipinski definition) is 4. The first kappa shape index (κ1) is 20.0. The normalized spacial score (nSPS) is 11.3. The molecule has 1 aromatic carbocycles. The maximum Gasteiger partial charge on any atom is 0.387 e. The SMILES string of the molecule is Cc1cc(C(=O)Nc2nc(-c3ccccc3OC(F)F)cs2)c(C)n1C(C)C. The minimum atomic E-state index is -2.92. The Morgan fingerprint density at radius 3 is 2.61 bits per heavy atom. The first-order valence-corrected chi connectivity index (χ1v) is 9.65. The first-order valence-electron chi connectivity index (χ1n) is 8.77. The van der Waals surface area contributed by atoms with E-state index in [9.17, 15) is 13.6 Å². The van der Waals surface area contributed by atoms with Gasteiger partial charge in [-0.25, -0.2) is 4.98 Å². The molecule has 0 fully saturated rings. The first-order chi connectivity index (χ1) is 13.3. The third-order valence-electron chi connectivity index (χ3n) is 4.35. The van der Waals surface area contributed by atoms with Crippen molar-refractivity contribution in [1.82, 2.24) is 9.55 Å². The van der Waals surface area contributed by atoms with Crippen molar-refractivity contribution in [2.45, 2.75) is 40.3 Å². The molecular formula is C20H21F2N3O2S. The highest BCUT2D eigenvalue weighted by molar-refractivity contribution is 7.14. The molecule has 0 radical (unpaired) electrons. The molecule has 0 saturated carbocycles. The summed E-state index contributed by atoms with van der Waals surface area (Å²) in [5.74, 6) is -0.209. The number of rotatable bonds is 6. The molecule has 0 saturated heterocycles. The number of carbonyl (C=O) groups excluding carboxylic acids is 1. The Morgan fingerprint density at radius 1 is 1.25 bits per heavy atom. The molecule has 0 bridgehead atoms. The fourth-order valence-electron chi connectivity index (χ4n) is 3.30. The summed E-state index contributed by atoms with van der Waals surface area (Å²) in [6.45, 7) is 5.08. The molecule has 8 heteroatoms. The lowest BCUT2D eigenvalue weighted by Gasteiger charge is -2.13. The van der Waals surface area contributed by atoms with Gasteiger partial charge in [-0.3, -0.25) is 10.1 Å². The number of amides is 1. The molecule has 3 aromatic rings. The van der Waals surface area contributed by atoms with Crippen LogP contribution in [0.1, 0.15) is 41.6 Å². The summed E-state index contributed by atoms with van der Waals surface area (Å²) in [6.07, 6.45) is 0. The lowest BCUT2D eigenvalue weighted by Crippen LogP contribution is -2.13. The third kappa shape index (κ3) is 4.06. The number of hydrogen-bond donors (Lipinski definition) is 1. The standard InChI is InChI=1S/C20H21F2N3O2S/c1-11(2)25-12(3)9-15(13(25)4)18(26)24-20-23-16(10-28-20)14-7-5-6-8-17(14)27-19(21)22/h5-11,19H,1-4H3,(H,23,24,26). The van der Waals surface area contributed by atoms with Crippen LogP contribution in [0, 0.1) is 13.8 Å². The average Bonchev–Trinajstić information content (AvgIpc) is 3.19. The minimum Gasteiger partial charge on any atom is -0.434 e. The van der Waals surface area contributed by atoms with Crippen LogP contribution in [0.25, 0.3) is 11.3 Å². The van der Waals surface area contributed by atoms with Gasteiger partial charge in [0.25, 0.3) is 5.91 Å². The van der Waals surface area contributed by atoms with Gasteiger partial charge in [0.2, 0.25) is 0 Å². The Hall–Kier alpha value is -2.74. The van der Waals surface area contributed by atoms with Crippen LogP contribution in [0.5, 0.6) is 5.75 Å². The summed E-state index contributed by atoms with van der Waals surface area (Å²) >= 11 is 1.23. The van der Waals surface area contributed by atoms with Gasteiger partial charge in [-0.1, -0.05) is 12.1 Å². The molecule has 0 aliphatic heterocycles. The zero-order chi connectivity index (χ0) is 20.4. The molecule has 2 heterocycles. The predicted octanol–water partition coefficient (Wildman–Crippen LogP) is 5.66. The largest absolute Gasteiger partial charge is 0.434 e. The second-order valence-electron chi connectivity index (χ2n) is 6.62. The average molecular weight is 405 g/mol. The van der Waals surface area contributed by atoms with Crippen LogP contribution in [0.3, 0.4) is 0 Å². The van der Waals surface area contributed by atoms with E-state index in [1.54, 1.807) is 23.6 Å². The van der Waals surface area contributed by atoms with E-state index >= 15 is 0 Å². The zero-order valence-corrected chi connectivity index (χ0v) is 16.8. The maximum atomic E-state index is 12.7. The van der Waals surface area contributed by atoms with E-state index in [1.165, 1.54) is 17.4 Å². The van der Waals surface area contributed by atoms with E-state index in [0.29, 0.717) is 22.0 Å². The number of ether oxygens (including phenoxy) is 1. The van der Waals surface area contributed by atoms with E-state index in [2.05, 4.69) is 33.5 Å². The van der Waals surface area contributed by atoms with Gasteiger partial charge in [0.1, 0.15) is 5.75 Å². The van der Waals surface area contributed by atoms with Crippen LogP contribution in [0.2, 0.25) is 0 Å². The van der Waals surface area contributed by atoms with Gasteiger partial charge in [-0.2, -0.15) is 8.78 Å². The lowest BCUT2D eigenvalue weighted by atomic mass is 10.1. The van der Waals surface area contributed by atoms with Gasteiger partial charge in [-0.15, -0.1) is 11.3 Å². The fourth-order valence-corrected chi connectivity index (χ4v) is 4.00. The number of thiazole rings is 1. The Kier molecular flexibility index (Phi) is 5.79. The molecule has 0 unspecified atom stereocenters. The van der Waals surface area contributed by atoms with E-state index in [0.717, 1.165) is 11.4 Å².